The molecule has 1 atom stereocenters. The van der Waals surface area contributed by atoms with Gasteiger partial charge >= 0.3 is 6.18 Å². The van der Waals surface area contributed by atoms with Gasteiger partial charge in [0.25, 0.3) is 0 Å². The zero-order chi connectivity index (χ0) is 17.2. The summed E-state index contributed by atoms with van der Waals surface area (Å²) in [5.41, 5.74) is -0.849. The molecule has 0 spiro atoms. The molecule has 3 rings (SSSR count). The molecule has 0 saturated carbocycles. The van der Waals surface area contributed by atoms with Gasteiger partial charge in [0.1, 0.15) is 5.82 Å². The maximum atomic E-state index is 12.7. The Kier molecular flexibility index (Phi) is 4.75. The van der Waals surface area contributed by atoms with Crippen LogP contribution < -0.4 is 9.64 Å². The molecule has 24 heavy (non-hydrogen) atoms. The van der Waals surface area contributed by atoms with E-state index in [9.17, 15) is 13.2 Å². The summed E-state index contributed by atoms with van der Waals surface area (Å²) >= 11 is 5.98. The standard InChI is InChI=1S/C15H14ClF3N4O/c16-12-5-11(15(17,18)19)6-22-14(12)23-4-1-10(8-23)9-24-13-7-20-2-3-21-13/h2-3,5-7,10H,1,4,8-9H2. The molecular weight excluding hydrogens is 345 g/mol. The van der Waals surface area contributed by atoms with Crippen molar-refractivity contribution in [3.63, 3.8) is 0 Å². The number of aromatic nitrogens is 3. The van der Waals surface area contributed by atoms with Gasteiger partial charge in [0.15, 0.2) is 0 Å². The molecule has 0 amide bonds. The van der Waals surface area contributed by atoms with Crippen molar-refractivity contribution >= 4 is 17.4 Å². The molecule has 0 aliphatic carbocycles. The third kappa shape index (κ3) is 3.87. The lowest BCUT2D eigenvalue weighted by Gasteiger charge is -2.19. The summed E-state index contributed by atoms with van der Waals surface area (Å²) in [6, 6.07) is 0.910. The minimum absolute atomic E-state index is 0.000296. The van der Waals surface area contributed by atoms with E-state index in [1.807, 2.05) is 4.90 Å². The smallest absolute Gasteiger partial charge is 0.417 e. The highest BCUT2D eigenvalue weighted by Gasteiger charge is 2.33. The summed E-state index contributed by atoms with van der Waals surface area (Å²) in [6.45, 7) is 1.72. The normalized spacial score (nSPS) is 18.0. The van der Waals surface area contributed by atoms with Crippen LogP contribution >= 0.6 is 11.6 Å². The lowest BCUT2D eigenvalue weighted by atomic mass is 10.1. The number of hydrogen-bond donors (Lipinski definition) is 0. The Morgan fingerprint density at radius 2 is 2.08 bits per heavy atom. The molecule has 1 unspecified atom stereocenters. The third-order valence-corrected chi connectivity index (χ3v) is 4.02. The SMILES string of the molecule is FC(F)(F)c1cnc(N2CCC(COc3cnccn3)C2)c(Cl)c1. The zero-order valence-corrected chi connectivity index (χ0v) is 13.3. The minimum Gasteiger partial charge on any atom is -0.476 e. The van der Waals surface area contributed by atoms with Crippen LogP contribution in [0.25, 0.3) is 0 Å². The Labute approximate surface area is 141 Å². The van der Waals surface area contributed by atoms with Crippen molar-refractivity contribution in [1.82, 2.24) is 15.0 Å². The Balaban J connectivity index is 1.61. The molecule has 2 aromatic rings. The van der Waals surface area contributed by atoms with Gasteiger partial charge in [0.2, 0.25) is 5.88 Å². The Morgan fingerprint density at radius 3 is 2.75 bits per heavy atom. The van der Waals surface area contributed by atoms with Crippen molar-refractivity contribution < 1.29 is 17.9 Å². The van der Waals surface area contributed by atoms with E-state index in [0.29, 0.717) is 31.4 Å². The molecule has 0 radical (unpaired) electrons. The van der Waals surface area contributed by atoms with Crippen LogP contribution in [0.4, 0.5) is 19.0 Å². The number of alkyl halides is 3. The predicted octanol–water partition coefficient (Wildman–Crippen LogP) is 3.45. The van der Waals surface area contributed by atoms with Crippen molar-refractivity contribution in [3.8, 4) is 5.88 Å². The lowest BCUT2D eigenvalue weighted by molar-refractivity contribution is -0.137. The van der Waals surface area contributed by atoms with Gasteiger partial charge in [0, 0.05) is 37.6 Å². The fourth-order valence-electron chi connectivity index (χ4n) is 2.54. The van der Waals surface area contributed by atoms with E-state index in [1.54, 1.807) is 12.4 Å². The topological polar surface area (TPSA) is 51.1 Å². The van der Waals surface area contributed by atoms with Gasteiger partial charge < -0.3 is 9.64 Å². The van der Waals surface area contributed by atoms with E-state index < -0.39 is 11.7 Å². The second-order valence-corrected chi connectivity index (χ2v) is 5.89. The van der Waals surface area contributed by atoms with E-state index in [2.05, 4.69) is 15.0 Å². The van der Waals surface area contributed by atoms with Gasteiger partial charge in [-0.25, -0.2) is 9.97 Å². The first-order valence-corrected chi connectivity index (χ1v) is 7.68. The quantitative estimate of drug-likeness (QED) is 0.838. The van der Waals surface area contributed by atoms with Gasteiger partial charge in [-0.15, -0.1) is 0 Å². The summed E-state index contributed by atoms with van der Waals surface area (Å²) in [7, 11) is 0. The van der Waals surface area contributed by atoms with Crippen LogP contribution in [0.3, 0.4) is 0 Å². The molecule has 0 aromatic carbocycles. The fraction of sp³-hybridized carbons (Fsp3) is 0.400. The van der Waals surface area contributed by atoms with E-state index in [0.717, 1.165) is 18.7 Å². The van der Waals surface area contributed by atoms with Crippen LogP contribution in [-0.2, 0) is 6.18 Å². The van der Waals surface area contributed by atoms with Crippen LogP contribution in [0.15, 0.2) is 30.9 Å². The Bertz CT molecular complexity index is 699. The third-order valence-electron chi connectivity index (χ3n) is 3.74. The molecule has 1 saturated heterocycles. The van der Waals surface area contributed by atoms with E-state index >= 15 is 0 Å². The highest BCUT2D eigenvalue weighted by atomic mass is 35.5. The number of anilines is 1. The first-order chi connectivity index (χ1) is 11.4. The van der Waals surface area contributed by atoms with Crippen molar-refractivity contribution in [2.24, 2.45) is 5.92 Å². The number of ether oxygens (including phenoxy) is 1. The largest absolute Gasteiger partial charge is 0.476 e. The van der Waals surface area contributed by atoms with Crippen LogP contribution in [0.1, 0.15) is 12.0 Å². The summed E-state index contributed by atoms with van der Waals surface area (Å²) in [5.74, 6) is 1.03. The number of halogens is 4. The Hall–Kier alpha value is -2.09. The van der Waals surface area contributed by atoms with Crippen LogP contribution in [0.2, 0.25) is 5.02 Å². The van der Waals surface area contributed by atoms with Gasteiger partial charge in [-0.05, 0) is 12.5 Å². The zero-order valence-electron chi connectivity index (χ0n) is 12.5. The fourth-order valence-corrected chi connectivity index (χ4v) is 2.83. The van der Waals surface area contributed by atoms with Crippen molar-refractivity contribution in [1.29, 1.82) is 0 Å². The first-order valence-electron chi connectivity index (χ1n) is 7.30. The average Bonchev–Trinajstić information content (AvgIpc) is 3.01. The maximum Gasteiger partial charge on any atom is 0.417 e. The highest BCUT2D eigenvalue weighted by molar-refractivity contribution is 6.33. The molecule has 1 fully saturated rings. The first kappa shape index (κ1) is 16.8. The van der Waals surface area contributed by atoms with Crippen molar-refractivity contribution in [2.75, 3.05) is 24.6 Å². The van der Waals surface area contributed by atoms with Gasteiger partial charge in [-0.2, -0.15) is 13.2 Å². The highest BCUT2D eigenvalue weighted by Crippen LogP contribution is 2.35. The molecule has 0 N–H and O–H groups in total. The molecule has 1 aliphatic heterocycles. The average molecular weight is 359 g/mol. The molecule has 0 bridgehead atoms. The molecule has 1 aliphatic rings. The number of hydrogen-bond acceptors (Lipinski definition) is 5. The second-order valence-electron chi connectivity index (χ2n) is 5.48. The van der Waals surface area contributed by atoms with E-state index in [1.165, 1.54) is 6.20 Å². The van der Waals surface area contributed by atoms with E-state index in [-0.39, 0.29) is 10.9 Å². The summed E-state index contributed by atoms with van der Waals surface area (Å²) in [4.78, 5) is 13.7. The monoisotopic (exact) mass is 358 g/mol. The van der Waals surface area contributed by atoms with Crippen molar-refractivity contribution in [3.05, 3.63) is 41.4 Å². The number of pyridine rings is 1. The molecule has 3 heterocycles. The number of nitrogens with zero attached hydrogens (tertiary/aromatic N) is 4. The van der Waals surface area contributed by atoms with Gasteiger partial charge in [0.05, 0.1) is 23.4 Å². The molecular formula is C15H14ClF3N4O. The lowest BCUT2D eigenvalue weighted by Crippen LogP contribution is -2.23. The Morgan fingerprint density at radius 1 is 1.25 bits per heavy atom. The maximum absolute atomic E-state index is 12.7. The van der Waals surface area contributed by atoms with Gasteiger partial charge in [-0.1, -0.05) is 11.6 Å². The minimum atomic E-state index is -4.45. The van der Waals surface area contributed by atoms with Crippen LogP contribution in [0, 0.1) is 5.92 Å². The number of rotatable bonds is 4. The van der Waals surface area contributed by atoms with Crippen molar-refractivity contribution in [2.45, 2.75) is 12.6 Å². The summed E-state index contributed by atoms with van der Waals surface area (Å²) < 4.78 is 43.5. The van der Waals surface area contributed by atoms with Gasteiger partial charge in [-0.3, -0.25) is 4.98 Å². The summed E-state index contributed by atoms with van der Waals surface area (Å²) in [6.07, 6.45) is 1.82. The van der Waals surface area contributed by atoms with E-state index in [4.69, 9.17) is 16.3 Å². The summed E-state index contributed by atoms with van der Waals surface area (Å²) in [5, 5.41) is 0.000296. The molecule has 128 valence electrons. The molecule has 2 aromatic heterocycles. The van der Waals surface area contributed by atoms with Crippen LogP contribution in [-0.4, -0.2) is 34.6 Å². The second kappa shape index (κ2) is 6.80. The predicted molar refractivity (Wildman–Crippen MR) is 82.1 cm³/mol. The molecule has 5 nitrogen and oxygen atoms in total. The van der Waals surface area contributed by atoms with Crippen LogP contribution in [0.5, 0.6) is 5.88 Å². The molecule has 9 heteroatoms.